The van der Waals surface area contributed by atoms with Crippen LogP contribution in [0.25, 0.3) is 10.2 Å². The first-order valence-electron chi connectivity index (χ1n) is 11.3. The number of sulfonamides is 1. The van der Waals surface area contributed by atoms with E-state index >= 15 is 0 Å². The molecule has 0 atom stereocenters. The van der Waals surface area contributed by atoms with Crippen molar-refractivity contribution < 1.29 is 22.7 Å². The lowest BCUT2D eigenvalue weighted by Crippen LogP contribution is -2.26. The lowest BCUT2D eigenvalue weighted by atomic mass is 10.2. The predicted molar refractivity (Wildman–Crippen MR) is 142 cm³/mol. The molecule has 1 aromatic heterocycles. The van der Waals surface area contributed by atoms with Crippen LogP contribution in [0.1, 0.15) is 23.7 Å². The van der Waals surface area contributed by atoms with Crippen LogP contribution in [0.5, 0.6) is 11.5 Å². The summed E-state index contributed by atoms with van der Waals surface area (Å²) in [6.07, 6.45) is 0.850. The molecule has 0 radical (unpaired) electrons. The number of hydrogen-bond acceptors (Lipinski definition) is 6. The van der Waals surface area contributed by atoms with Crippen LogP contribution in [0.3, 0.4) is 0 Å². The number of carbonyl (C=O) groups is 1. The third-order valence-electron chi connectivity index (χ3n) is 5.71. The van der Waals surface area contributed by atoms with E-state index in [1.165, 1.54) is 47.0 Å². The molecule has 8 nitrogen and oxygen atoms in total. The van der Waals surface area contributed by atoms with Gasteiger partial charge in [0.1, 0.15) is 0 Å². The molecule has 1 amide bonds. The van der Waals surface area contributed by atoms with Crippen molar-refractivity contribution in [1.29, 1.82) is 0 Å². The standard InChI is InChI=1S/C26H27N3O5S2/c1-5-15-29-21-16-22(33-3)23(34-4)17-24(21)35-26(29)27-25(30)18-11-13-20(14-12-18)36(31,32)28(2)19-9-7-6-8-10-19/h6-14,16-17H,5,15H2,1-4H3. The molecule has 0 N–H and O–H groups in total. The number of benzene rings is 3. The third-order valence-corrected chi connectivity index (χ3v) is 8.55. The van der Waals surface area contributed by atoms with Crippen LogP contribution < -0.4 is 18.6 Å². The van der Waals surface area contributed by atoms with Gasteiger partial charge in [0.25, 0.3) is 15.9 Å². The minimum absolute atomic E-state index is 0.0903. The van der Waals surface area contributed by atoms with Gasteiger partial charge in [-0.1, -0.05) is 36.5 Å². The van der Waals surface area contributed by atoms with Crippen LogP contribution in [0, 0.1) is 0 Å². The molecule has 10 heteroatoms. The highest BCUT2D eigenvalue weighted by molar-refractivity contribution is 7.92. The van der Waals surface area contributed by atoms with Crippen molar-refractivity contribution in [3.05, 3.63) is 77.1 Å². The van der Waals surface area contributed by atoms with E-state index in [4.69, 9.17) is 9.47 Å². The van der Waals surface area contributed by atoms with Crippen molar-refractivity contribution in [1.82, 2.24) is 4.57 Å². The van der Waals surface area contributed by atoms with Gasteiger partial charge in [-0.05, 0) is 42.8 Å². The van der Waals surface area contributed by atoms with Gasteiger partial charge in [-0.25, -0.2) is 8.42 Å². The molecule has 4 aromatic rings. The van der Waals surface area contributed by atoms with Crippen molar-refractivity contribution in [2.45, 2.75) is 24.8 Å². The first kappa shape index (κ1) is 25.5. The summed E-state index contributed by atoms with van der Waals surface area (Å²) in [5.41, 5.74) is 1.74. The number of thiazole rings is 1. The fourth-order valence-corrected chi connectivity index (χ4v) is 6.04. The van der Waals surface area contributed by atoms with Gasteiger partial charge < -0.3 is 14.0 Å². The van der Waals surface area contributed by atoms with Crippen LogP contribution in [0.2, 0.25) is 0 Å². The second-order valence-corrected chi connectivity index (χ2v) is 10.9. The summed E-state index contributed by atoms with van der Waals surface area (Å²) in [7, 11) is 0.882. The predicted octanol–water partition coefficient (Wildman–Crippen LogP) is 4.70. The lowest BCUT2D eigenvalue weighted by Gasteiger charge is -2.19. The first-order chi connectivity index (χ1) is 17.3. The fraction of sp³-hybridized carbons (Fsp3) is 0.231. The molecule has 0 saturated heterocycles. The monoisotopic (exact) mass is 525 g/mol. The van der Waals surface area contributed by atoms with Gasteiger partial charge >= 0.3 is 0 Å². The Hall–Kier alpha value is -3.63. The zero-order valence-corrected chi connectivity index (χ0v) is 22.1. The summed E-state index contributed by atoms with van der Waals surface area (Å²) in [6.45, 7) is 2.72. The number of fused-ring (bicyclic) bond motifs is 1. The maximum absolute atomic E-state index is 13.0. The molecule has 0 saturated carbocycles. The number of ether oxygens (including phenoxy) is 2. The van der Waals surface area contributed by atoms with Crippen molar-refractivity contribution in [3.63, 3.8) is 0 Å². The number of aromatic nitrogens is 1. The number of nitrogens with zero attached hydrogens (tertiary/aromatic N) is 3. The highest BCUT2D eigenvalue weighted by Crippen LogP contribution is 2.33. The fourth-order valence-electron chi connectivity index (χ4n) is 3.78. The molecular weight excluding hydrogens is 498 g/mol. The molecule has 0 spiro atoms. The second-order valence-electron chi connectivity index (χ2n) is 7.96. The van der Waals surface area contributed by atoms with Crippen LogP contribution in [-0.2, 0) is 16.6 Å². The Bertz CT molecular complexity index is 1560. The Morgan fingerprint density at radius 2 is 1.64 bits per heavy atom. The largest absolute Gasteiger partial charge is 0.493 e. The zero-order chi connectivity index (χ0) is 25.9. The highest BCUT2D eigenvalue weighted by atomic mass is 32.2. The van der Waals surface area contributed by atoms with Gasteiger partial charge in [0.2, 0.25) is 0 Å². The quantitative estimate of drug-likeness (QED) is 0.333. The molecule has 36 heavy (non-hydrogen) atoms. The smallest absolute Gasteiger partial charge is 0.279 e. The topological polar surface area (TPSA) is 90.2 Å². The van der Waals surface area contributed by atoms with Gasteiger partial charge in [-0.2, -0.15) is 4.99 Å². The SMILES string of the molecule is CCCn1c(=NC(=O)c2ccc(S(=O)(=O)N(C)c3ccccc3)cc2)sc2cc(OC)c(OC)cc21. The number of anilines is 1. The van der Waals surface area contributed by atoms with Gasteiger partial charge in [-0.3, -0.25) is 9.10 Å². The zero-order valence-electron chi connectivity index (χ0n) is 20.5. The lowest BCUT2D eigenvalue weighted by molar-refractivity contribution is 0.0997. The van der Waals surface area contributed by atoms with Crippen LogP contribution in [0.4, 0.5) is 5.69 Å². The van der Waals surface area contributed by atoms with E-state index in [9.17, 15) is 13.2 Å². The van der Waals surface area contributed by atoms with E-state index in [1.807, 2.05) is 22.8 Å². The molecule has 188 valence electrons. The number of methoxy groups -OCH3 is 2. The average molecular weight is 526 g/mol. The summed E-state index contributed by atoms with van der Waals surface area (Å²) < 4.78 is 41.0. The Morgan fingerprint density at radius 3 is 2.25 bits per heavy atom. The molecule has 3 aromatic carbocycles. The third kappa shape index (κ3) is 4.87. The van der Waals surface area contributed by atoms with E-state index in [0.717, 1.165) is 16.6 Å². The summed E-state index contributed by atoms with van der Waals surface area (Å²) in [5, 5.41) is 0. The average Bonchev–Trinajstić information content (AvgIpc) is 3.23. The molecule has 0 bridgehead atoms. The van der Waals surface area contributed by atoms with Gasteiger partial charge in [0.05, 0.1) is 35.0 Å². The van der Waals surface area contributed by atoms with Crippen LogP contribution in [0.15, 0.2) is 76.6 Å². The van der Waals surface area contributed by atoms with Crippen LogP contribution in [-0.4, -0.2) is 40.2 Å². The number of rotatable bonds is 8. The van der Waals surface area contributed by atoms with Gasteiger partial charge in [0, 0.05) is 31.3 Å². The van der Waals surface area contributed by atoms with E-state index < -0.39 is 15.9 Å². The van der Waals surface area contributed by atoms with Crippen LogP contribution >= 0.6 is 11.3 Å². The van der Waals surface area contributed by atoms with Gasteiger partial charge in [-0.15, -0.1) is 0 Å². The molecular formula is C26H27N3O5S2. The Kier molecular flexibility index (Phi) is 7.46. The highest BCUT2D eigenvalue weighted by Gasteiger charge is 2.21. The first-order valence-corrected chi connectivity index (χ1v) is 13.5. The normalized spacial score (nSPS) is 12.1. The molecule has 0 aliphatic rings. The Morgan fingerprint density at radius 1 is 1.00 bits per heavy atom. The summed E-state index contributed by atoms with van der Waals surface area (Å²) >= 11 is 1.38. The van der Waals surface area contributed by atoms with E-state index in [2.05, 4.69) is 11.9 Å². The molecule has 0 fully saturated rings. The molecule has 0 aliphatic carbocycles. The minimum Gasteiger partial charge on any atom is -0.493 e. The van der Waals surface area contributed by atoms with E-state index in [1.54, 1.807) is 38.5 Å². The second kappa shape index (κ2) is 10.5. The minimum atomic E-state index is -3.77. The summed E-state index contributed by atoms with van der Waals surface area (Å²) in [6, 6.07) is 18.4. The van der Waals surface area contributed by atoms with E-state index in [0.29, 0.717) is 34.1 Å². The van der Waals surface area contributed by atoms with Gasteiger partial charge in [0.15, 0.2) is 16.3 Å². The Balaban J connectivity index is 1.68. The number of carbonyl (C=O) groups excluding carboxylic acids is 1. The maximum atomic E-state index is 13.0. The summed E-state index contributed by atoms with van der Waals surface area (Å²) in [5.74, 6) is 0.749. The molecule has 1 heterocycles. The summed E-state index contributed by atoms with van der Waals surface area (Å²) in [4.78, 5) is 18.0. The van der Waals surface area contributed by atoms with Crippen molar-refractivity contribution >= 4 is 43.2 Å². The van der Waals surface area contributed by atoms with Crippen molar-refractivity contribution in [2.24, 2.45) is 4.99 Å². The maximum Gasteiger partial charge on any atom is 0.279 e. The van der Waals surface area contributed by atoms with E-state index in [-0.39, 0.29) is 4.90 Å². The Labute approximate surface area is 214 Å². The van der Waals surface area contributed by atoms with Crippen molar-refractivity contribution in [2.75, 3.05) is 25.6 Å². The molecule has 0 aliphatic heterocycles. The number of hydrogen-bond donors (Lipinski definition) is 0. The number of aryl methyl sites for hydroxylation is 1. The number of para-hydroxylation sites is 1. The number of amides is 1. The van der Waals surface area contributed by atoms with Crippen molar-refractivity contribution in [3.8, 4) is 11.5 Å². The molecule has 0 unspecified atom stereocenters. The molecule has 4 rings (SSSR count).